The Balaban J connectivity index is 3.21. The summed E-state index contributed by atoms with van der Waals surface area (Å²) in [7, 11) is 0. The minimum Gasteiger partial charge on any atom is -0.481 e. The predicted molar refractivity (Wildman–Crippen MR) is 68.5 cm³/mol. The standard InChI is InChI=1S/C14H24O2/c1-2-3-4-5-6-7-8-9-10-11-12-13-14(15)16/h9-12H,2-8,13H2,1H3,(H,15,16)/b10-9-,12-11+. The molecule has 0 spiro atoms. The van der Waals surface area contributed by atoms with E-state index in [2.05, 4.69) is 13.0 Å². The number of hydrogen-bond donors (Lipinski definition) is 1. The fourth-order valence-corrected chi connectivity index (χ4v) is 1.46. The van der Waals surface area contributed by atoms with Gasteiger partial charge in [-0.3, -0.25) is 4.79 Å². The van der Waals surface area contributed by atoms with Crippen LogP contribution in [0.4, 0.5) is 0 Å². The first-order valence-electron chi connectivity index (χ1n) is 6.30. The molecular weight excluding hydrogens is 200 g/mol. The van der Waals surface area contributed by atoms with Crippen LogP contribution in [0, 0.1) is 0 Å². The van der Waals surface area contributed by atoms with Crippen LogP contribution >= 0.6 is 0 Å². The molecule has 0 atom stereocenters. The van der Waals surface area contributed by atoms with E-state index in [1.807, 2.05) is 12.2 Å². The third-order valence-electron chi connectivity index (χ3n) is 2.40. The summed E-state index contributed by atoms with van der Waals surface area (Å²) in [5, 5.41) is 8.38. The van der Waals surface area contributed by atoms with Crippen molar-refractivity contribution in [2.24, 2.45) is 0 Å². The molecule has 1 N–H and O–H groups in total. The minimum absolute atomic E-state index is 0.112. The highest BCUT2D eigenvalue weighted by atomic mass is 16.4. The Morgan fingerprint density at radius 2 is 1.62 bits per heavy atom. The number of carboxylic acids is 1. The topological polar surface area (TPSA) is 37.3 Å². The van der Waals surface area contributed by atoms with Crippen LogP contribution < -0.4 is 0 Å². The lowest BCUT2D eigenvalue weighted by Crippen LogP contribution is -1.89. The molecule has 0 heterocycles. The van der Waals surface area contributed by atoms with Crippen molar-refractivity contribution >= 4 is 5.97 Å². The van der Waals surface area contributed by atoms with Crippen molar-refractivity contribution in [2.45, 2.75) is 58.3 Å². The van der Waals surface area contributed by atoms with Gasteiger partial charge in [0.1, 0.15) is 0 Å². The number of hydrogen-bond acceptors (Lipinski definition) is 1. The molecule has 0 amide bonds. The van der Waals surface area contributed by atoms with Gasteiger partial charge in [0.25, 0.3) is 0 Å². The average Bonchev–Trinajstić information content (AvgIpc) is 2.25. The molecule has 2 nitrogen and oxygen atoms in total. The zero-order valence-electron chi connectivity index (χ0n) is 10.3. The van der Waals surface area contributed by atoms with Crippen molar-refractivity contribution in [2.75, 3.05) is 0 Å². The molecule has 0 aliphatic rings. The molecule has 0 rings (SSSR count). The van der Waals surface area contributed by atoms with Gasteiger partial charge in [-0.25, -0.2) is 0 Å². The SMILES string of the molecule is CCCCCCCC/C=C\C=C\CC(=O)O. The summed E-state index contributed by atoms with van der Waals surface area (Å²) in [6.45, 7) is 2.23. The lowest BCUT2D eigenvalue weighted by atomic mass is 10.1. The van der Waals surface area contributed by atoms with Gasteiger partial charge in [0.2, 0.25) is 0 Å². The zero-order valence-corrected chi connectivity index (χ0v) is 10.3. The average molecular weight is 224 g/mol. The maximum Gasteiger partial charge on any atom is 0.307 e. The molecule has 0 radical (unpaired) electrons. The van der Waals surface area contributed by atoms with Gasteiger partial charge in [-0.2, -0.15) is 0 Å². The van der Waals surface area contributed by atoms with Gasteiger partial charge in [0.05, 0.1) is 6.42 Å². The van der Waals surface area contributed by atoms with Crippen molar-refractivity contribution < 1.29 is 9.90 Å². The molecular formula is C14H24O2. The Kier molecular flexibility index (Phi) is 11.2. The summed E-state index contributed by atoms with van der Waals surface area (Å²) in [4.78, 5) is 10.2. The molecule has 2 heteroatoms. The quantitative estimate of drug-likeness (QED) is 0.443. The molecule has 0 saturated heterocycles. The second-order valence-corrected chi connectivity index (χ2v) is 4.01. The number of allylic oxidation sites excluding steroid dienone is 3. The lowest BCUT2D eigenvalue weighted by molar-refractivity contribution is -0.135. The van der Waals surface area contributed by atoms with Crippen LogP contribution in [0.5, 0.6) is 0 Å². The van der Waals surface area contributed by atoms with Crippen LogP contribution in [0.2, 0.25) is 0 Å². The molecule has 0 fully saturated rings. The van der Waals surface area contributed by atoms with Crippen molar-refractivity contribution in [3.05, 3.63) is 24.3 Å². The van der Waals surface area contributed by atoms with Crippen molar-refractivity contribution in [1.29, 1.82) is 0 Å². The second-order valence-electron chi connectivity index (χ2n) is 4.01. The number of rotatable bonds is 10. The minimum atomic E-state index is -0.777. The first kappa shape index (κ1) is 14.9. The Hall–Kier alpha value is -1.05. The van der Waals surface area contributed by atoms with E-state index in [9.17, 15) is 4.79 Å². The Labute approximate surface area is 99.1 Å². The smallest absolute Gasteiger partial charge is 0.307 e. The van der Waals surface area contributed by atoms with E-state index < -0.39 is 5.97 Å². The van der Waals surface area contributed by atoms with Crippen LogP contribution in [0.15, 0.2) is 24.3 Å². The largest absolute Gasteiger partial charge is 0.481 e. The van der Waals surface area contributed by atoms with E-state index in [-0.39, 0.29) is 6.42 Å². The number of unbranched alkanes of at least 4 members (excludes halogenated alkanes) is 6. The molecule has 0 aliphatic heterocycles. The normalized spacial score (nSPS) is 11.6. The van der Waals surface area contributed by atoms with Crippen LogP contribution in [0.3, 0.4) is 0 Å². The van der Waals surface area contributed by atoms with E-state index in [4.69, 9.17) is 5.11 Å². The third kappa shape index (κ3) is 12.9. The number of aliphatic carboxylic acids is 1. The van der Waals surface area contributed by atoms with Gasteiger partial charge in [-0.05, 0) is 12.8 Å². The molecule has 0 aromatic carbocycles. The summed E-state index contributed by atoms with van der Waals surface area (Å²) >= 11 is 0. The molecule has 0 aromatic heterocycles. The Morgan fingerprint density at radius 1 is 1.00 bits per heavy atom. The van der Waals surface area contributed by atoms with E-state index in [0.29, 0.717) is 0 Å². The van der Waals surface area contributed by atoms with Gasteiger partial charge < -0.3 is 5.11 Å². The van der Waals surface area contributed by atoms with E-state index in [0.717, 1.165) is 6.42 Å². The molecule has 0 aliphatic carbocycles. The number of carboxylic acid groups (broad SMARTS) is 1. The fourth-order valence-electron chi connectivity index (χ4n) is 1.46. The summed E-state index contributed by atoms with van der Waals surface area (Å²) < 4.78 is 0. The fraction of sp³-hybridized carbons (Fsp3) is 0.643. The van der Waals surface area contributed by atoms with Gasteiger partial charge in [-0.15, -0.1) is 0 Å². The van der Waals surface area contributed by atoms with Crippen molar-refractivity contribution in [1.82, 2.24) is 0 Å². The first-order valence-corrected chi connectivity index (χ1v) is 6.30. The van der Waals surface area contributed by atoms with Gasteiger partial charge in [0.15, 0.2) is 0 Å². The van der Waals surface area contributed by atoms with Crippen LogP contribution in [0.25, 0.3) is 0 Å². The molecule has 0 saturated carbocycles. The van der Waals surface area contributed by atoms with E-state index >= 15 is 0 Å². The maximum atomic E-state index is 10.2. The van der Waals surface area contributed by atoms with Crippen LogP contribution in [0.1, 0.15) is 58.3 Å². The first-order chi connectivity index (χ1) is 7.77. The third-order valence-corrected chi connectivity index (χ3v) is 2.40. The summed E-state index contributed by atoms with van der Waals surface area (Å²) in [5.74, 6) is -0.777. The maximum absolute atomic E-state index is 10.2. The zero-order chi connectivity index (χ0) is 12.1. The molecule has 92 valence electrons. The monoisotopic (exact) mass is 224 g/mol. The second kappa shape index (κ2) is 12.0. The highest BCUT2D eigenvalue weighted by molar-refractivity contribution is 5.68. The lowest BCUT2D eigenvalue weighted by Gasteiger charge is -1.97. The van der Waals surface area contributed by atoms with Crippen LogP contribution in [-0.4, -0.2) is 11.1 Å². The molecule has 0 aromatic rings. The molecule has 0 unspecified atom stereocenters. The molecule has 16 heavy (non-hydrogen) atoms. The highest BCUT2D eigenvalue weighted by Gasteiger charge is 1.88. The summed E-state index contributed by atoms with van der Waals surface area (Å²) in [5.41, 5.74) is 0. The van der Waals surface area contributed by atoms with Gasteiger partial charge >= 0.3 is 5.97 Å². The van der Waals surface area contributed by atoms with Gasteiger partial charge in [-0.1, -0.05) is 63.3 Å². The predicted octanol–water partition coefficient (Wildman–Crippen LogP) is 4.32. The number of carbonyl (C=O) groups is 1. The van der Waals surface area contributed by atoms with Gasteiger partial charge in [0, 0.05) is 0 Å². The highest BCUT2D eigenvalue weighted by Crippen LogP contribution is 2.07. The Bertz CT molecular complexity index is 217. The van der Waals surface area contributed by atoms with Crippen molar-refractivity contribution in [3.8, 4) is 0 Å². The Morgan fingerprint density at radius 3 is 2.31 bits per heavy atom. The van der Waals surface area contributed by atoms with E-state index in [1.165, 1.54) is 38.5 Å². The van der Waals surface area contributed by atoms with E-state index in [1.54, 1.807) is 6.08 Å². The van der Waals surface area contributed by atoms with Crippen molar-refractivity contribution in [3.63, 3.8) is 0 Å². The summed E-state index contributed by atoms with van der Waals surface area (Å²) in [6, 6.07) is 0. The van der Waals surface area contributed by atoms with Crippen LogP contribution in [-0.2, 0) is 4.79 Å². The summed E-state index contributed by atoms with van der Waals surface area (Å²) in [6.07, 6.45) is 16.6. The molecule has 0 bridgehead atoms.